The summed E-state index contributed by atoms with van der Waals surface area (Å²) in [5, 5.41) is 0. The minimum atomic E-state index is -2.87. The lowest BCUT2D eigenvalue weighted by Crippen LogP contribution is -2.17. The van der Waals surface area contributed by atoms with E-state index >= 15 is 0 Å². The second-order valence-corrected chi connectivity index (χ2v) is 6.66. The molecular formula is C10H11BrO3S. The first-order valence-electron chi connectivity index (χ1n) is 4.68. The molecule has 1 aliphatic heterocycles. The Bertz CT molecular complexity index is 455. The van der Waals surface area contributed by atoms with E-state index in [0.29, 0.717) is 12.2 Å². The van der Waals surface area contributed by atoms with Crippen LogP contribution in [0.2, 0.25) is 0 Å². The van der Waals surface area contributed by atoms with E-state index in [-0.39, 0.29) is 17.6 Å². The summed E-state index contributed by atoms with van der Waals surface area (Å²) >= 11 is 3.36. The highest BCUT2D eigenvalue weighted by atomic mass is 79.9. The Hall–Kier alpha value is -0.550. The lowest BCUT2D eigenvalue weighted by atomic mass is 10.3. The number of para-hydroxylation sites is 1. The lowest BCUT2D eigenvalue weighted by molar-refractivity contribution is 0.227. The molecule has 0 N–H and O–H groups in total. The Kier molecular flexibility index (Phi) is 3.02. The number of rotatable bonds is 2. The molecule has 1 aromatic rings. The fourth-order valence-corrected chi connectivity index (χ4v) is 3.54. The van der Waals surface area contributed by atoms with E-state index < -0.39 is 9.84 Å². The van der Waals surface area contributed by atoms with Crippen LogP contribution in [0.3, 0.4) is 0 Å². The van der Waals surface area contributed by atoms with E-state index in [0.717, 1.165) is 4.47 Å². The smallest absolute Gasteiger partial charge is 0.154 e. The lowest BCUT2D eigenvalue weighted by Gasteiger charge is -2.12. The number of sulfone groups is 1. The molecule has 15 heavy (non-hydrogen) atoms. The molecule has 3 nitrogen and oxygen atoms in total. The summed E-state index contributed by atoms with van der Waals surface area (Å²) in [5.41, 5.74) is 0. The van der Waals surface area contributed by atoms with Gasteiger partial charge in [-0.2, -0.15) is 0 Å². The molecule has 0 spiro atoms. The van der Waals surface area contributed by atoms with Crippen LogP contribution in [0.15, 0.2) is 28.7 Å². The topological polar surface area (TPSA) is 43.4 Å². The maximum Gasteiger partial charge on any atom is 0.154 e. The number of benzene rings is 1. The summed E-state index contributed by atoms with van der Waals surface area (Å²) in [6, 6.07) is 7.46. The van der Waals surface area contributed by atoms with Crippen LogP contribution in [-0.2, 0) is 9.84 Å². The van der Waals surface area contributed by atoms with E-state index in [4.69, 9.17) is 4.74 Å². The van der Waals surface area contributed by atoms with Crippen LogP contribution in [0.4, 0.5) is 0 Å². The molecule has 1 fully saturated rings. The number of hydrogen-bond donors (Lipinski definition) is 0. The van der Waals surface area contributed by atoms with Gasteiger partial charge in [-0.25, -0.2) is 8.42 Å². The highest BCUT2D eigenvalue weighted by Gasteiger charge is 2.29. The number of halogens is 1. The third-order valence-electron chi connectivity index (χ3n) is 2.32. The van der Waals surface area contributed by atoms with Crippen LogP contribution in [-0.4, -0.2) is 26.0 Å². The minimum absolute atomic E-state index is 0.133. The largest absolute Gasteiger partial charge is 0.488 e. The first-order valence-corrected chi connectivity index (χ1v) is 7.30. The van der Waals surface area contributed by atoms with E-state index in [1.54, 1.807) is 0 Å². The molecule has 1 saturated heterocycles. The van der Waals surface area contributed by atoms with Gasteiger partial charge in [0, 0.05) is 0 Å². The Morgan fingerprint density at radius 2 is 2.07 bits per heavy atom. The summed E-state index contributed by atoms with van der Waals surface area (Å²) in [6.45, 7) is 0. The molecule has 0 radical (unpaired) electrons. The van der Waals surface area contributed by atoms with Crippen molar-refractivity contribution in [1.82, 2.24) is 0 Å². The fourth-order valence-electron chi connectivity index (χ4n) is 1.57. The van der Waals surface area contributed by atoms with Crippen LogP contribution < -0.4 is 4.74 Å². The van der Waals surface area contributed by atoms with Crippen LogP contribution in [0.1, 0.15) is 6.42 Å². The van der Waals surface area contributed by atoms with Crippen molar-refractivity contribution in [2.75, 3.05) is 11.5 Å². The van der Waals surface area contributed by atoms with Gasteiger partial charge in [-0.1, -0.05) is 12.1 Å². The van der Waals surface area contributed by atoms with E-state index in [2.05, 4.69) is 15.9 Å². The molecule has 0 saturated carbocycles. The first kappa shape index (κ1) is 11.0. The van der Waals surface area contributed by atoms with Crippen LogP contribution >= 0.6 is 15.9 Å². The molecule has 0 aliphatic carbocycles. The van der Waals surface area contributed by atoms with Crippen LogP contribution in [0.25, 0.3) is 0 Å². The van der Waals surface area contributed by atoms with Crippen LogP contribution in [0.5, 0.6) is 5.75 Å². The van der Waals surface area contributed by atoms with E-state index in [1.165, 1.54) is 0 Å². The Morgan fingerprint density at radius 1 is 1.33 bits per heavy atom. The Labute approximate surface area is 97.5 Å². The van der Waals surface area contributed by atoms with Crippen molar-refractivity contribution in [2.24, 2.45) is 0 Å². The molecule has 1 atom stereocenters. The molecule has 0 bridgehead atoms. The highest BCUT2D eigenvalue weighted by molar-refractivity contribution is 9.10. The summed E-state index contributed by atoms with van der Waals surface area (Å²) in [7, 11) is -2.87. The number of ether oxygens (including phenoxy) is 1. The molecule has 1 aromatic carbocycles. The van der Waals surface area contributed by atoms with Crippen molar-refractivity contribution in [3.05, 3.63) is 28.7 Å². The fraction of sp³-hybridized carbons (Fsp3) is 0.400. The Balaban J connectivity index is 2.08. The third kappa shape index (κ3) is 2.72. The normalized spacial score (nSPS) is 23.9. The SMILES string of the molecule is O=S1(=O)CCC(Oc2ccccc2Br)C1. The van der Waals surface area contributed by atoms with Gasteiger partial charge in [-0.15, -0.1) is 0 Å². The number of hydrogen-bond acceptors (Lipinski definition) is 3. The first-order chi connectivity index (χ1) is 7.07. The zero-order valence-electron chi connectivity index (χ0n) is 8.02. The van der Waals surface area contributed by atoms with Crippen LogP contribution in [0, 0.1) is 0 Å². The van der Waals surface area contributed by atoms with E-state index in [1.807, 2.05) is 24.3 Å². The van der Waals surface area contributed by atoms with Crippen molar-refractivity contribution < 1.29 is 13.2 Å². The van der Waals surface area contributed by atoms with Crippen molar-refractivity contribution >= 4 is 25.8 Å². The van der Waals surface area contributed by atoms with Crippen molar-refractivity contribution in [1.29, 1.82) is 0 Å². The van der Waals surface area contributed by atoms with Gasteiger partial charge in [-0.05, 0) is 34.5 Å². The average molecular weight is 291 g/mol. The van der Waals surface area contributed by atoms with Gasteiger partial charge < -0.3 is 4.74 Å². The predicted octanol–water partition coefficient (Wildman–Crippen LogP) is 2.02. The summed E-state index contributed by atoms with van der Waals surface area (Å²) in [5.74, 6) is 1.08. The van der Waals surface area contributed by atoms with Crippen molar-refractivity contribution in [2.45, 2.75) is 12.5 Å². The monoisotopic (exact) mass is 290 g/mol. The van der Waals surface area contributed by atoms with E-state index in [9.17, 15) is 8.42 Å². The molecule has 0 amide bonds. The maximum atomic E-state index is 11.2. The van der Waals surface area contributed by atoms with Crippen molar-refractivity contribution in [3.63, 3.8) is 0 Å². The van der Waals surface area contributed by atoms with Crippen molar-refractivity contribution in [3.8, 4) is 5.75 Å². The molecule has 2 rings (SSSR count). The quantitative estimate of drug-likeness (QED) is 0.837. The van der Waals surface area contributed by atoms with Gasteiger partial charge in [0.2, 0.25) is 0 Å². The minimum Gasteiger partial charge on any atom is -0.488 e. The summed E-state index contributed by atoms with van der Waals surface area (Å²) < 4.78 is 28.9. The van der Waals surface area contributed by atoms with Gasteiger partial charge in [-0.3, -0.25) is 0 Å². The molecule has 82 valence electrons. The molecular weight excluding hydrogens is 280 g/mol. The zero-order valence-corrected chi connectivity index (χ0v) is 10.4. The van der Waals surface area contributed by atoms with Gasteiger partial charge in [0.15, 0.2) is 9.84 Å². The van der Waals surface area contributed by atoms with Gasteiger partial charge >= 0.3 is 0 Å². The molecule has 1 heterocycles. The van der Waals surface area contributed by atoms with Gasteiger partial charge in [0.1, 0.15) is 11.9 Å². The summed E-state index contributed by atoms with van der Waals surface area (Å²) in [6.07, 6.45) is 0.387. The Morgan fingerprint density at radius 3 is 2.67 bits per heavy atom. The molecule has 0 aromatic heterocycles. The second kappa shape index (κ2) is 4.14. The summed E-state index contributed by atoms with van der Waals surface area (Å²) in [4.78, 5) is 0. The molecule has 1 unspecified atom stereocenters. The van der Waals surface area contributed by atoms with Gasteiger partial charge in [0.05, 0.1) is 16.0 Å². The average Bonchev–Trinajstić information content (AvgIpc) is 2.50. The second-order valence-electron chi connectivity index (χ2n) is 3.57. The highest BCUT2D eigenvalue weighted by Crippen LogP contribution is 2.27. The molecule has 1 aliphatic rings. The maximum absolute atomic E-state index is 11.2. The zero-order chi connectivity index (χ0) is 10.9. The standard InChI is InChI=1S/C10H11BrO3S/c11-9-3-1-2-4-10(9)14-8-5-6-15(12,13)7-8/h1-4,8H,5-7H2. The molecule has 5 heteroatoms. The third-order valence-corrected chi connectivity index (χ3v) is 4.71. The predicted molar refractivity (Wildman–Crippen MR) is 61.8 cm³/mol. The van der Waals surface area contributed by atoms with Gasteiger partial charge in [0.25, 0.3) is 0 Å².